The third-order valence-electron chi connectivity index (χ3n) is 2.67. The molecule has 2 aromatic rings. The fourth-order valence-corrected chi connectivity index (χ4v) is 4.90. The Morgan fingerprint density at radius 1 is 0.923 bits per heavy atom. The van der Waals surface area contributed by atoms with E-state index in [1.54, 1.807) is 20.3 Å². The fraction of sp³-hybridized carbons (Fsp3) is 0.167. The predicted octanol–water partition coefficient (Wildman–Crippen LogP) is 2.51. The van der Waals surface area contributed by atoms with Gasteiger partial charge in [0.05, 0.1) is 0 Å². The van der Waals surface area contributed by atoms with Crippen LogP contribution in [0, 0.1) is 0 Å². The average Bonchev–Trinajstić information content (AvgIpc) is 2.65. The first kappa shape index (κ1) is 7.85. The second kappa shape index (κ2) is 3.01. The summed E-state index contributed by atoms with van der Waals surface area (Å²) in [5.41, 5.74) is 4.74. The Hall–Kier alpha value is -0.510. The van der Waals surface area contributed by atoms with Crippen molar-refractivity contribution >= 4 is 20.4 Å². The van der Waals surface area contributed by atoms with Crippen molar-refractivity contribution in [2.24, 2.45) is 0 Å². The van der Waals surface area contributed by atoms with Gasteiger partial charge in [-0.2, -0.15) is 0 Å². The van der Waals surface area contributed by atoms with Crippen LogP contribution in [-0.4, -0.2) is 20.4 Å². The van der Waals surface area contributed by atoms with E-state index in [9.17, 15) is 0 Å². The van der Waals surface area contributed by atoms with Crippen molar-refractivity contribution in [3.63, 3.8) is 0 Å². The summed E-state index contributed by atoms with van der Waals surface area (Å²) in [5.74, 6) is 0. The Kier molecular flexibility index (Phi) is 1.82. The Bertz CT molecular complexity index is 440. The topological polar surface area (TPSA) is 0 Å². The van der Waals surface area contributed by atoms with Crippen molar-refractivity contribution in [3.8, 4) is 9.14 Å². The second-order valence-corrected chi connectivity index (χ2v) is 6.05. The van der Waals surface area contributed by atoms with Crippen molar-refractivity contribution in [1.82, 2.24) is 0 Å². The zero-order valence-electron chi connectivity index (χ0n) is 7.29. The van der Waals surface area contributed by atoms with Gasteiger partial charge in [0.1, 0.15) is 0 Å². The first-order chi connectivity index (χ1) is 6.45. The van der Waals surface area contributed by atoms with E-state index in [4.69, 9.17) is 0 Å². The molecule has 64 valence electrons. The van der Waals surface area contributed by atoms with Gasteiger partial charge in [0.15, 0.2) is 0 Å². The van der Waals surface area contributed by atoms with Gasteiger partial charge in [-0.15, -0.1) is 0 Å². The molecule has 1 heterocycles. The van der Waals surface area contributed by atoms with Gasteiger partial charge in [-0.3, -0.25) is 0 Å². The maximum absolute atomic E-state index is 2.41. The molecule has 1 aliphatic carbocycles. The molecule has 3 rings (SSSR count). The number of hydrogen-bond donors (Lipinski definition) is 0. The molecule has 0 saturated heterocycles. The van der Waals surface area contributed by atoms with Gasteiger partial charge in [0, 0.05) is 0 Å². The summed E-state index contributed by atoms with van der Waals surface area (Å²) >= 11 is 0.0175. The van der Waals surface area contributed by atoms with Crippen LogP contribution in [0.4, 0.5) is 0 Å². The van der Waals surface area contributed by atoms with Gasteiger partial charge >= 0.3 is 88.0 Å². The van der Waals surface area contributed by atoms with Gasteiger partial charge in [-0.05, 0) is 0 Å². The summed E-state index contributed by atoms with van der Waals surface area (Å²) in [4.78, 5) is 0. The molecule has 0 unspecified atom stereocenters. The van der Waals surface area contributed by atoms with Crippen molar-refractivity contribution in [2.45, 2.75) is 12.8 Å². The van der Waals surface area contributed by atoms with E-state index < -0.39 is 0 Å². The minimum atomic E-state index is 0.0175. The van der Waals surface area contributed by atoms with Gasteiger partial charge < -0.3 is 0 Å². The van der Waals surface area contributed by atoms with Crippen LogP contribution in [0.25, 0.3) is 9.14 Å². The summed E-state index contributed by atoms with van der Waals surface area (Å²) in [6, 6.07) is 11.3. The Morgan fingerprint density at radius 3 is 2.77 bits per heavy atom. The maximum atomic E-state index is 2.41. The monoisotopic (exact) mass is 284 g/mol. The van der Waals surface area contributed by atoms with E-state index in [0.29, 0.717) is 0 Å². The fourth-order valence-electron chi connectivity index (χ4n) is 2.00. The first-order valence-corrected chi connectivity index (χ1v) is 7.11. The molecule has 0 bridgehead atoms. The van der Waals surface area contributed by atoms with Crippen LogP contribution in [0.15, 0.2) is 34.4 Å². The van der Waals surface area contributed by atoms with Crippen molar-refractivity contribution in [3.05, 3.63) is 45.5 Å². The first-order valence-electron chi connectivity index (χ1n) is 4.60. The van der Waals surface area contributed by atoms with Gasteiger partial charge in [-0.1, -0.05) is 0 Å². The summed E-state index contributed by atoms with van der Waals surface area (Å²) < 4.78 is 4.12. The van der Waals surface area contributed by atoms with Crippen molar-refractivity contribution in [2.75, 3.05) is 0 Å². The van der Waals surface area contributed by atoms with E-state index in [-0.39, 0.29) is 20.4 Å². The molecule has 0 radical (unpaired) electrons. The second-order valence-electron chi connectivity index (χ2n) is 3.43. The molecule has 13 heavy (non-hydrogen) atoms. The van der Waals surface area contributed by atoms with Gasteiger partial charge in [0.25, 0.3) is 0 Å². The molecular weight excluding hydrogens is 272 g/mol. The molecule has 0 fully saturated rings. The van der Waals surface area contributed by atoms with E-state index in [0.717, 1.165) is 0 Å². The average molecular weight is 282 g/mol. The number of benzene rings is 1. The molecule has 1 aromatic heterocycles. The zero-order chi connectivity index (χ0) is 8.67. The van der Waals surface area contributed by atoms with E-state index in [1.807, 2.05) is 0 Å². The molecule has 0 spiro atoms. The van der Waals surface area contributed by atoms with Gasteiger partial charge in [0.2, 0.25) is 0 Å². The zero-order valence-corrected chi connectivity index (χ0v) is 9.62. The molecule has 1 heteroatoms. The molecule has 0 amide bonds. The summed E-state index contributed by atoms with van der Waals surface area (Å²) in [7, 11) is 0. The number of aryl methyl sites for hydroxylation is 2. The quantitative estimate of drug-likeness (QED) is 0.651. The number of rotatable bonds is 0. The van der Waals surface area contributed by atoms with E-state index >= 15 is 0 Å². The standard InChI is InChI=1S/C12H10Te/c1-2-4-11-9(3-1)5-6-10-7-8-13-12(10)11/h1-4,7-8H,5-6H2. The van der Waals surface area contributed by atoms with Crippen LogP contribution in [-0.2, 0) is 12.8 Å². The van der Waals surface area contributed by atoms with Crippen molar-refractivity contribution < 1.29 is 0 Å². The third kappa shape index (κ3) is 1.19. The summed E-state index contributed by atoms with van der Waals surface area (Å²) in [5, 5.41) is 0. The van der Waals surface area contributed by atoms with E-state index in [2.05, 4.69) is 34.4 Å². The number of hydrogen-bond acceptors (Lipinski definition) is 0. The number of fused-ring (bicyclic) bond motifs is 3. The molecule has 1 aromatic carbocycles. The molecule has 0 N–H and O–H groups in total. The SMILES string of the molecule is c1ccc2c(c1)CCc1cc[te]c1-2. The summed E-state index contributed by atoms with van der Waals surface area (Å²) in [6.07, 6.45) is 2.51. The molecular formula is C12H10Te. The molecule has 0 nitrogen and oxygen atoms in total. The van der Waals surface area contributed by atoms with Crippen LogP contribution in [0.5, 0.6) is 0 Å². The van der Waals surface area contributed by atoms with Crippen LogP contribution in [0.3, 0.4) is 0 Å². The Labute approximate surface area is 87.8 Å². The molecule has 1 aliphatic rings. The molecule has 0 atom stereocenters. The van der Waals surface area contributed by atoms with Crippen LogP contribution in [0.1, 0.15) is 11.1 Å². The molecule has 0 saturated carbocycles. The molecule has 0 aliphatic heterocycles. The third-order valence-corrected chi connectivity index (χ3v) is 5.50. The Morgan fingerprint density at radius 2 is 1.77 bits per heavy atom. The normalized spacial score (nSPS) is 13.5. The van der Waals surface area contributed by atoms with Crippen LogP contribution < -0.4 is 0 Å². The predicted molar refractivity (Wildman–Crippen MR) is 56.2 cm³/mol. The van der Waals surface area contributed by atoms with E-state index in [1.165, 1.54) is 12.8 Å². The van der Waals surface area contributed by atoms with Crippen molar-refractivity contribution in [1.29, 1.82) is 0 Å². The minimum absolute atomic E-state index is 0.0175. The Balaban J connectivity index is 2.30. The van der Waals surface area contributed by atoms with Gasteiger partial charge in [-0.25, -0.2) is 0 Å². The van der Waals surface area contributed by atoms with Crippen LogP contribution >= 0.6 is 0 Å². The summed E-state index contributed by atoms with van der Waals surface area (Å²) in [6.45, 7) is 0. The van der Waals surface area contributed by atoms with Crippen LogP contribution in [0.2, 0.25) is 0 Å².